The maximum absolute atomic E-state index is 13.4. The second-order valence-electron chi connectivity index (χ2n) is 7.32. The van der Waals surface area contributed by atoms with Gasteiger partial charge in [-0.3, -0.25) is 14.2 Å². The summed E-state index contributed by atoms with van der Waals surface area (Å²) in [6.07, 6.45) is 0.128. The first-order chi connectivity index (χ1) is 14.7. The molecule has 1 N–H and O–H groups in total. The van der Waals surface area contributed by atoms with Crippen LogP contribution in [-0.2, 0) is 24.5 Å². The van der Waals surface area contributed by atoms with Crippen molar-refractivity contribution in [3.8, 4) is 0 Å². The van der Waals surface area contributed by atoms with Crippen LogP contribution in [0.3, 0.4) is 0 Å². The van der Waals surface area contributed by atoms with Crippen molar-refractivity contribution in [3.63, 3.8) is 0 Å². The number of aromatic nitrogens is 2. The van der Waals surface area contributed by atoms with Gasteiger partial charge in [0, 0.05) is 11.1 Å². The van der Waals surface area contributed by atoms with Crippen LogP contribution < -0.4 is 11.2 Å². The first-order valence-corrected chi connectivity index (χ1v) is 9.76. The predicted octanol–water partition coefficient (Wildman–Crippen LogP) is 2.97. The minimum Gasteiger partial charge on any atom is -0.421 e. The van der Waals surface area contributed by atoms with Crippen molar-refractivity contribution >= 4 is 5.78 Å². The molecule has 3 aromatic rings. The largest absolute Gasteiger partial charge is 0.421 e. The number of ether oxygens (including phenoxy) is 1. The third-order valence-corrected chi connectivity index (χ3v) is 4.87. The van der Waals surface area contributed by atoms with E-state index in [1.807, 2.05) is 19.9 Å². The maximum Gasteiger partial charge on any atom is 0.366 e. The molecule has 0 atom stereocenters. The molecule has 0 radical (unpaired) electrons. The van der Waals surface area contributed by atoms with Gasteiger partial charge in [-0.15, -0.1) is 0 Å². The van der Waals surface area contributed by atoms with Crippen molar-refractivity contribution in [2.24, 2.45) is 0 Å². The number of benzene rings is 2. The van der Waals surface area contributed by atoms with Crippen LogP contribution in [0.1, 0.15) is 45.2 Å². The van der Waals surface area contributed by atoms with Gasteiger partial charge in [0.25, 0.3) is 5.56 Å². The lowest BCUT2D eigenvalue weighted by Gasteiger charge is -2.17. The van der Waals surface area contributed by atoms with Gasteiger partial charge in [0.2, 0.25) is 5.78 Å². The normalized spacial score (nSPS) is 11.0. The minimum absolute atomic E-state index is 0.0108. The maximum atomic E-state index is 13.4. The van der Waals surface area contributed by atoms with E-state index in [9.17, 15) is 24.0 Å². The van der Waals surface area contributed by atoms with E-state index < -0.39 is 17.0 Å². The fourth-order valence-electron chi connectivity index (χ4n) is 3.46. The summed E-state index contributed by atoms with van der Waals surface area (Å²) in [5.41, 5.74) is 0.586. The third-order valence-electron chi connectivity index (χ3n) is 4.87. The summed E-state index contributed by atoms with van der Waals surface area (Å²) in [5.74, 6) is -0.898. The van der Waals surface area contributed by atoms with E-state index in [0.29, 0.717) is 11.1 Å². The second kappa shape index (κ2) is 9.09. The van der Waals surface area contributed by atoms with Crippen molar-refractivity contribution < 1.29 is 19.1 Å². The third kappa shape index (κ3) is 4.64. The Hall–Kier alpha value is -3.52. The predicted molar refractivity (Wildman–Crippen MR) is 112 cm³/mol. The van der Waals surface area contributed by atoms with Crippen LogP contribution >= 0.6 is 0 Å². The number of ketones is 1. The van der Waals surface area contributed by atoms with E-state index in [1.165, 1.54) is 24.3 Å². The molecule has 31 heavy (non-hydrogen) atoms. The molecule has 0 saturated heterocycles. The molecule has 3 rings (SSSR count). The molecule has 0 saturated carbocycles. The molecule has 0 spiro atoms. The standard InChI is InChI=1S/C23H23FN2O5/c1-4-19-20(21(27)17-10-14(2)9-15(3)11-17)25(23(29)26(30)22(19)28)13-31-12-16-5-7-18(24)8-6-16/h5-11,30H,4,12-13H2,1-3H3. The summed E-state index contributed by atoms with van der Waals surface area (Å²) in [6, 6.07) is 10.9. The molecule has 7 nitrogen and oxygen atoms in total. The molecule has 162 valence electrons. The first-order valence-electron chi connectivity index (χ1n) is 9.76. The molecule has 0 unspecified atom stereocenters. The number of rotatable bonds is 7. The zero-order valence-corrected chi connectivity index (χ0v) is 17.5. The van der Waals surface area contributed by atoms with Gasteiger partial charge in [-0.1, -0.05) is 41.0 Å². The average Bonchev–Trinajstić information content (AvgIpc) is 2.73. The number of aryl methyl sites for hydroxylation is 2. The molecule has 8 heteroatoms. The fourth-order valence-corrected chi connectivity index (χ4v) is 3.46. The summed E-state index contributed by atoms with van der Waals surface area (Å²) in [7, 11) is 0. The Morgan fingerprint density at radius 1 is 1.06 bits per heavy atom. The summed E-state index contributed by atoms with van der Waals surface area (Å²) < 4.78 is 19.6. The van der Waals surface area contributed by atoms with Crippen LogP contribution in [0.5, 0.6) is 0 Å². The van der Waals surface area contributed by atoms with E-state index >= 15 is 0 Å². The lowest BCUT2D eigenvalue weighted by molar-refractivity contribution is 0.0492. The molecule has 0 amide bonds. The second-order valence-corrected chi connectivity index (χ2v) is 7.32. The zero-order chi connectivity index (χ0) is 22.7. The number of nitrogens with zero attached hydrogens (tertiary/aromatic N) is 2. The van der Waals surface area contributed by atoms with E-state index in [4.69, 9.17) is 4.74 Å². The van der Waals surface area contributed by atoms with Gasteiger partial charge in [0.1, 0.15) is 18.2 Å². The average molecular weight is 426 g/mol. The molecular weight excluding hydrogens is 403 g/mol. The van der Waals surface area contributed by atoms with E-state index in [1.54, 1.807) is 19.1 Å². The highest BCUT2D eigenvalue weighted by atomic mass is 19.1. The Bertz CT molecular complexity index is 1220. The SMILES string of the molecule is CCc1c(C(=O)c2cc(C)cc(C)c2)n(COCc2ccc(F)cc2)c(=O)n(O)c1=O. The number of carbonyl (C=O) groups is 1. The van der Waals surface area contributed by atoms with Crippen molar-refractivity contribution in [2.75, 3.05) is 0 Å². The summed E-state index contributed by atoms with van der Waals surface area (Å²) in [4.78, 5) is 38.4. The first kappa shape index (κ1) is 22.2. The Balaban J connectivity index is 2.05. The highest BCUT2D eigenvalue weighted by Crippen LogP contribution is 2.16. The van der Waals surface area contributed by atoms with Crippen LogP contribution in [-0.4, -0.2) is 20.3 Å². The van der Waals surface area contributed by atoms with Crippen LogP contribution in [0.25, 0.3) is 0 Å². The zero-order valence-electron chi connectivity index (χ0n) is 17.5. The molecule has 0 fully saturated rings. The number of hydrogen-bond acceptors (Lipinski definition) is 5. The highest BCUT2D eigenvalue weighted by molar-refractivity contribution is 6.09. The molecule has 0 aliphatic carbocycles. The highest BCUT2D eigenvalue weighted by Gasteiger charge is 2.24. The van der Waals surface area contributed by atoms with Crippen molar-refractivity contribution in [1.82, 2.24) is 9.30 Å². The van der Waals surface area contributed by atoms with E-state index in [2.05, 4.69) is 0 Å². The molecular formula is C23H23FN2O5. The van der Waals surface area contributed by atoms with Crippen LogP contribution in [0.15, 0.2) is 52.1 Å². The van der Waals surface area contributed by atoms with E-state index in [0.717, 1.165) is 15.7 Å². The van der Waals surface area contributed by atoms with Crippen molar-refractivity contribution in [3.05, 3.63) is 103 Å². The van der Waals surface area contributed by atoms with Crippen LogP contribution in [0.2, 0.25) is 0 Å². The summed E-state index contributed by atoms with van der Waals surface area (Å²) >= 11 is 0. The van der Waals surface area contributed by atoms with Crippen molar-refractivity contribution in [2.45, 2.75) is 40.5 Å². The topological polar surface area (TPSA) is 90.5 Å². The molecule has 2 aromatic carbocycles. The van der Waals surface area contributed by atoms with Gasteiger partial charge >= 0.3 is 5.69 Å². The number of hydrogen-bond donors (Lipinski definition) is 1. The molecule has 0 aliphatic heterocycles. The van der Waals surface area contributed by atoms with Gasteiger partial charge in [-0.2, -0.15) is 0 Å². The fraction of sp³-hybridized carbons (Fsp3) is 0.261. The molecule has 1 aromatic heterocycles. The summed E-state index contributed by atoms with van der Waals surface area (Å²) in [6.45, 7) is 5.00. The lowest BCUT2D eigenvalue weighted by atomic mass is 9.99. The molecule has 1 heterocycles. The monoisotopic (exact) mass is 426 g/mol. The quantitative estimate of drug-likeness (QED) is 0.463. The Labute approximate surface area is 177 Å². The summed E-state index contributed by atoms with van der Waals surface area (Å²) in [5, 5.41) is 9.97. The lowest BCUT2D eigenvalue weighted by Crippen LogP contribution is -2.44. The van der Waals surface area contributed by atoms with Gasteiger partial charge in [-0.05, 0) is 50.1 Å². The van der Waals surface area contributed by atoms with Gasteiger partial charge in [0.15, 0.2) is 0 Å². The number of halogens is 1. The Morgan fingerprint density at radius 3 is 2.26 bits per heavy atom. The molecule has 0 aliphatic rings. The van der Waals surface area contributed by atoms with Crippen LogP contribution in [0.4, 0.5) is 4.39 Å². The number of carbonyl (C=O) groups excluding carboxylic acids is 1. The van der Waals surface area contributed by atoms with Crippen molar-refractivity contribution in [1.29, 1.82) is 0 Å². The smallest absolute Gasteiger partial charge is 0.366 e. The van der Waals surface area contributed by atoms with E-state index in [-0.39, 0.29) is 41.6 Å². The van der Waals surface area contributed by atoms with Gasteiger partial charge in [-0.25, -0.2) is 9.18 Å². The molecule has 0 bridgehead atoms. The Morgan fingerprint density at radius 2 is 1.68 bits per heavy atom. The van der Waals surface area contributed by atoms with Crippen LogP contribution in [0, 0.1) is 19.7 Å². The minimum atomic E-state index is -1.07. The van der Waals surface area contributed by atoms with Gasteiger partial charge in [0.05, 0.1) is 6.61 Å². The van der Waals surface area contributed by atoms with Gasteiger partial charge < -0.3 is 9.94 Å². The Kier molecular flexibility index (Phi) is 6.50.